The second-order valence-corrected chi connectivity index (χ2v) is 3.99. The van der Waals surface area contributed by atoms with E-state index in [0.29, 0.717) is 5.92 Å². The number of fused-ring (bicyclic) bond motifs is 1. The quantitative estimate of drug-likeness (QED) is 0.697. The highest BCUT2D eigenvalue weighted by Gasteiger charge is 2.27. The summed E-state index contributed by atoms with van der Waals surface area (Å²) in [7, 11) is 0. The molecule has 2 rings (SSSR count). The van der Waals surface area contributed by atoms with Gasteiger partial charge in [0, 0.05) is 0 Å². The third-order valence-corrected chi connectivity index (χ3v) is 3.04. The molecule has 70 valence electrons. The first-order chi connectivity index (χ1) is 6.22. The third kappa shape index (κ3) is 1.37. The van der Waals surface area contributed by atoms with Crippen LogP contribution in [0.3, 0.4) is 0 Å². The average molecular weight is 176 g/mol. The molecule has 0 saturated heterocycles. The van der Waals surface area contributed by atoms with Crippen LogP contribution < -0.4 is 0 Å². The molecule has 0 spiro atoms. The molecule has 1 nitrogen and oxygen atoms in total. The Labute approximate surface area is 79.4 Å². The summed E-state index contributed by atoms with van der Waals surface area (Å²) in [6.45, 7) is 4.26. The predicted molar refractivity (Wildman–Crippen MR) is 53.8 cm³/mol. The standard InChI is InChI=1S/C12H16O/c1-3-9-7-12(13)11-6-8(2)4-5-10(9)11/h4-6,9,12-13H,3,7H2,1-2H3. The SMILES string of the molecule is CCC1CC(O)c2cc(C)ccc21. The average Bonchev–Trinajstić information content (AvgIpc) is 2.43. The van der Waals surface area contributed by atoms with Crippen LogP contribution in [0.4, 0.5) is 0 Å². The summed E-state index contributed by atoms with van der Waals surface area (Å²) >= 11 is 0. The highest BCUT2D eigenvalue weighted by Crippen LogP contribution is 2.41. The largest absolute Gasteiger partial charge is 0.388 e. The topological polar surface area (TPSA) is 20.2 Å². The molecule has 0 saturated carbocycles. The molecule has 0 fully saturated rings. The van der Waals surface area contributed by atoms with Crippen molar-refractivity contribution in [3.05, 3.63) is 34.9 Å². The molecule has 1 N–H and O–H groups in total. The maximum Gasteiger partial charge on any atom is 0.0798 e. The Morgan fingerprint density at radius 1 is 1.38 bits per heavy atom. The maximum absolute atomic E-state index is 9.81. The van der Waals surface area contributed by atoms with E-state index >= 15 is 0 Å². The molecular weight excluding hydrogens is 160 g/mol. The van der Waals surface area contributed by atoms with Gasteiger partial charge in [-0.15, -0.1) is 0 Å². The fourth-order valence-electron chi connectivity index (χ4n) is 2.26. The van der Waals surface area contributed by atoms with Crippen LogP contribution >= 0.6 is 0 Å². The van der Waals surface area contributed by atoms with E-state index in [1.165, 1.54) is 11.1 Å². The van der Waals surface area contributed by atoms with Gasteiger partial charge in [0.25, 0.3) is 0 Å². The van der Waals surface area contributed by atoms with Gasteiger partial charge in [0.15, 0.2) is 0 Å². The van der Waals surface area contributed by atoms with Crippen LogP contribution in [0.2, 0.25) is 0 Å². The van der Waals surface area contributed by atoms with E-state index in [-0.39, 0.29) is 6.10 Å². The molecule has 1 aliphatic rings. The van der Waals surface area contributed by atoms with Gasteiger partial charge in [0.1, 0.15) is 0 Å². The zero-order chi connectivity index (χ0) is 9.42. The van der Waals surface area contributed by atoms with Crippen LogP contribution in [0, 0.1) is 6.92 Å². The molecule has 1 aliphatic carbocycles. The number of rotatable bonds is 1. The van der Waals surface area contributed by atoms with Crippen LogP contribution in [0.25, 0.3) is 0 Å². The summed E-state index contributed by atoms with van der Waals surface area (Å²) in [6, 6.07) is 6.43. The Kier molecular flexibility index (Phi) is 2.12. The van der Waals surface area contributed by atoms with Crippen molar-refractivity contribution in [2.24, 2.45) is 0 Å². The maximum atomic E-state index is 9.81. The molecule has 0 aromatic heterocycles. The van der Waals surface area contributed by atoms with E-state index in [0.717, 1.165) is 18.4 Å². The van der Waals surface area contributed by atoms with Gasteiger partial charge in [-0.2, -0.15) is 0 Å². The summed E-state index contributed by atoms with van der Waals surface area (Å²) in [6.07, 6.45) is 1.82. The Bertz CT molecular complexity index is 317. The zero-order valence-electron chi connectivity index (χ0n) is 8.25. The normalized spacial score (nSPS) is 26.1. The van der Waals surface area contributed by atoms with Crippen LogP contribution in [-0.4, -0.2) is 5.11 Å². The minimum atomic E-state index is -0.222. The summed E-state index contributed by atoms with van der Waals surface area (Å²) < 4.78 is 0. The van der Waals surface area contributed by atoms with E-state index in [2.05, 4.69) is 32.0 Å². The lowest BCUT2D eigenvalue weighted by Gasteiger charge is -2.07. The van der Waals surface area contributed by atoms with Crippen molar-refractivity contribution in [1.29, 1.82) is 0 Å². The lowest BCUT2D eigenvalue weighted by molar-refractivity contribution is 0.172. The van der Waals surface area contributed by atoms with Gasteiger partial charge < -0.3 is 5.11 Å². The van der Waals surface area contributed by atoms with E-state index < -0.39 is 0 Å². The second-order valence-electron chi connectivity index (χ2n) is 3.99. The molecule has 0 bridgehead atoms. The number of hydrogen-bond donors (Lipinski definition) is 1. The Hall–Kier alpha value is -0.820. The van der Waals surface area contributed by atoms with Crippen LogP contribution in [0.1, 0.15) is 48.5 Å². The Morgan fingerprint density at radius 3 is 2.85 bits per heavy atom. The van der Waals surface area contributed by atoms with E-state index in [9.17, 15) is 5.11 Å². The molecule has 0 radical (unpaired) electrons. The van der Waals surface area contributed by atoms with Gasteiger partial charge in [-0.3, -0.25) is 0 Å². The molecule has 0 amide bonds. The van der Waals surface area contributed by atoms with Gasteiger partial charge in [0.2, 0.25) is 0 Å². The summed E-state index contributed by atoms with van der Waals surface area (Å²) in [4.78, 5) is 0. The third-order valence-electron chi connectivity index (χ3n) is 3.04. The number of aliphatic hydroxyl groups excluding tert-OH is 1. The molecular formula is C12H16O. The van der Waals surface area contributed by atoms with Crippen molar-refractivity contribution in [2.75, 3.05) is 0 Å². The first-order valence-electron chi connectivity index (χ1n) is 5.01. The van der Waals surface area contributed by atoms with E-state index in [1.54, 1.807) is 0 Å². The zero-order valence-corrected chi connectivity index (χ0v) is 8.25. The molecule has 1 aromatic carbocycles. The minimum absolute atomic E-state index is 0.222. The van der Waals surface area contributed by atoms with E-state index in [1.807, 2.05) is 0 Å². The molecule has 1 heteroatoms. The Balaban J connectivity index is 2.46. The predicted octanol–water partition coefficient (Wildman–Crippen LogP) is 2.93. The van der Waals surface area contributed by atoms with Crippen LogP contribution in [0.15, 0.2) is 18.2 Å². The van der Waals surface area contributed by atoms with Gasteiger partial charge in [-0.05, 0) is 36.8 Å². The molecule has 0 aliphatic heterocycles. The molecule has 2 atom stereocenters. The van der Waals surface area contributed by atoms with Crippen molar-refractivity contribution in [3.8, 4) is 0 Å². The minimum Gasteiger partial charge on any atom is -0.388 e. The highest BCUT2D eigenvalue weighted by molar-refractivity contribution is 5.39. The molecule has 2 unspecified atom stereocenters. The highest BCUT2D eigenvalue weighted by atomic mass is 16.3. The number of aliphatic hydroxyl groups is 1. The second kappa shape index (κ2) is 3.15. The lowest BCUT2D eigenvalue weighted by atomic mass is 9.98. The number of benzene rings is 1. The number of hydrogen-bond acceptors (Lipinski definition) is 1. The molecule has 13 heavy (non-hydrogen) atoms. The first kappa shape index (κ1) is 8.76. The van der Waals surface area contributed by atoms with Crippen LogP contribution in [-0.2, 0) is 0 Å². The van der Waals surface area contributed by atoms with Crippen molar-refractivity contribution in [2.45, 2.75) is 38.7 Å². The monoisotopic (exact) mass is 176 g/mol. The van der Waals surface area contributed by atoms with Crippen molar-refractivity contribution < 1.29 is 5.11 Å². The first-order valence-corrected chi connectivity index (χ1v) is 5.01. The fraction of sp³-hybridized carbons (Fsp3) is 0.500. The van der Waals surface area contributed by atoms with Crippen molar-refractivity contribution in [1.82, 2.24) is 0 Å². The van der Waals surface area contributed by atoms with E-state index in [4.69, 9.17) is 0 Å². The summed E-state index contributed by atoms with van der Waals surface area (Å²) in [5, 5.41) is 9.81. The Morgan fingerprint density at radius 2 is 2.15 bits per heavy atom. The summed E-state index contributed by atoms with van der Waals surface area (Å²) in [5.41, 5.74) is 3.77. The van der Waals surface area contributed by atoms with Crippen molar-refractivity contribution in [3.63, 3.8) is 0 Å². The molecule has 0 heterocycles. The lowest BCUT2D eigenvalue weighted by Crippen LogP contribution is -1.90. The van der Waals surface area contributed by atoms with Gasteiger partial charge >= 0.3 is 0 Å². The van der Waals surface area contributed by atoms with Crippen molar-refractivity contribution >= 4 is 0 Å². The molecule has 1 aromatic rings. The fourth-order valence-corrected chi connectivity index (χ4v) is 2.26. The van der Waals surface area contributed by atoms with Gasteiger partial charge in [0.05, 0.1) is 6.10 Å². The van der Waals surface area contributed by atoms with Crippen LogP contribution in [0.5, 0.6) is 0 Å². The smallest absolute Gasteiger partial charge is 0.0798 e. The van der Waals surface area contributed by atoms with Gasteiger partial charge in [-0.25, -0.2) is 0 Å². The van der Waals surface area contributed by atoms with Gasteiger partial charge in [-0.1, -0.05) is 30.7 Å². The summed E-state index contributed by atoms with van der Waals surface area (Å²) in [5.74, 6) is 0.575. The number of aryl methyl sites for hydroxylation is 1.